The zero-order valence-corrected chi connectivity index (χ0v) is 17.8. The molecule has 0 aliphatic heterocycles. The average molecular weight is 427 g/mol. The van der Waals surface area contributed by atoms with E-state index in [0.717, 1.165) is 5.56 Å². The third-order valence-electron chi connectivity index (χ3n) is 4.18. The molecular formula is C22H23ClN4O3. The zero-order chi connectivity index (χ0) is 21.7. The second-order valence-electron chi connectivity index (χ2n) is 7.21. The minimum atomic E-state index is -0.412. The first-order valence-electron chi connectivity index (χ1n) is 9.60. The van der Waals surface area contributed by atoms with Gasteiger partial charge in [0, 0.05) is 24.2 Å². The Balaban J connectivity index is 1.80. The van der Waals surface area contributed by atoms with Gasteiger partial charge in [0.05, 0.1) is 22.8 Å². The van der Waals surface area contributed by atoms with Crippen molar-refractivity contribution in [1.29, 1.82) is 5.26 Å². The standard InChI is InChI=1S/C22H23ClN4O3/c1-13(2)29-20-7-5-16(9-17(20)10-24)22-26-21(27-30-22)18-6-4-15(8-19(18)23)12-25-11-14(3)28/h4-9,13-14,25,28H,11-12H2,1-3H3. The molecule has 3 rings (SSSR count). The molecule has 1 heterocycles. The van der Waals surface area contributed by atoms with E-state index in [2.05, 4.69) is 21.5 Å². The molecule has 2 aromatic carbocycles. The van der Waals surface area contributed by atoms with Gasteiger partial charge in [0.25, 0.3) is 5.89 Å². The third-order valence-corrected chi connectivity index (χ3v) is 4.49. The number of nitriles is 1. The fourth-order valence-corrected chi connectivity index (χ4v) is 3.12. The SMILES string of the molecule is CC(O)CNCc1ccc(-c2noc(-c3ccc(OC(C)C)c(C#N)c3)n2)c(Cl)c1. The van der Waals surface area contributed by atoms with Gasteiger partial charge in [-0.1, -0.05) is 22.8 Å². The van der Waals surface area contributed by atoms with Crippen molar-refractivity contribution in [3.8, 4) is 34.7 Å². The monoisotopic (exact) mass is 426 g/mol. The highest BCUT2D eigenvalue weighted by Crippen LogP contribution is 2.30. The lowest BCUT2D eigenvalue weighted by Gasteiger charge is -2.11. The van der Waals surface area contributed by atoms with Crippen molar-refractivity contribution >= 4 is 11.6 Å². The van der Waals surface area contributed by atoms with Crippen LogP contribution in [0.3, 0.4) is 0 Å². The lowest BCUT2D eigenvalue weighted by atomic mass is 10.1. The molecule has 3 aromatic rings. The van der Waals surface area contributed by atoms with Crippen LogP contribution in [0.1, 0.15) is 31.9 Å². The summed E-state index contributed by atoms with van der Waals surface area (Å²) in [6.45, 7) is 6.61. The summed E-state index contributed by atoms with van der Waals surface area (Å²) in [6.07, 6.45) is -0.449. The van der Waals surface area contributed by atoms with E-state index in [-0.39, 0.29) is 12.0 Å². The van der Waals surface area contributed by atoms with Gasteiger partial charge in [0.1, 0.15) is 11.8 Å². The molecule has 30 heavy (non-hydrogen) atoms. The maximum absolute atomic E-state index is 9.41. The number of aliphatic hydroxyl groups is 1. The van der Waals surface area contributed by atoms with Gasteiger partial charge in [0.15, 0.2) is 0 Å². The third kappa shape index (κ3) is 5.36. The van der Waals surface area contributed by atoms with Gasteiger partial charge in [-0.2, -0.15) is 10.2 Å². The van der Waals surface area contributed by atoms with E-state index < -0.39 is 6.10 Å². The van der Waals surface area contributed by atoms with Gasteiger partial charge in [-0.05, 0) is 56.7 Å². The van der Waals surface area contributed by atoms with E-state index in [1.54, 1.807) is 25.1 Å². The number of aliphatic hydroxyl groups excluding tert-OH is 1. The van der Waals surface area contributed by atoms with Gasteiger partial charge in [0.2, 0.25) is 5.82 Å². The van der Waals surface area contributed by atoms with E-state index in [9.17, 15) is 10.4 Å². The van der Waals surface area contributed by atoms with Crippen LogP contribution in [0.4, 0.5) is 0 Å². The van der Waals surface area contributed by atoms with Crippen LogP contribution >= 0.6 is 11.6 Å². The van der Waals surface area contributed by atoms with E-state index in [1.165, 1.54) is 0 Å². The molecule has 1 atom stereocenters. The first-order valence-corrected chi connectivity index (χ1v) is 9.97. The van der Waals surface area contributed by atoms with Crippen LogP contribution in [0.2, 0.25) is 5.02 Å². The Kier molecular flexibility index (Phi) is 7.06. The molecule has 1 unspecified atom stereocenters. The van der Waals surface area contributed by atoms with Crippen molar-refractivity contribution in [3.05, 3.63) is 52.5 Å². The lowest BCUT2D eigenvalue weighted by molar-refractivity contribution is 0.191. The minimum absolute atomic E-state index is 0.0367. The molecule has 0 aliphatic carbocycles. The van der Waals surface area contributed by atoms with Crippen LogP contribution in [-0.2, 0) is 6.54 Å². The summed E-state index contributed by atoms with van der Waals surface area (Å²) in [5.74, 6) is 1.16. The molecule has 0 radical (unpaired) electrons. The van der Waals surface area contributed by atoms with Gasteiger partial charge >= 0.3 is 0 Å². The van der Waals surface area contributed by atoms with Crippen molar-refractivity contribution in [2.24, 2.45) is 0 Å². The highest BCUT2D eigenvalue weighted by molar-refractivity contribution is 6.33. The van der Waals surface area contributed by atoms with Gasteiger partial charge in [-0.15, -0.1) is 0 Å². The molecule has 0 amide bonds. The topological polar surface area (TPSA) is 104 Å². The fourth-order valence-electron chi connectivity index (χ4n) is 2.83. The molecule has 0 spiro atoms. The maximum atomic E-state index is 9.41. The molecule has 0 fully saturated rings. The summed E-state index contributed by atoms with van der Waals surface area (Å²) in [5, 5.41) is 26.4. The fraction of sp³-hybridized carbons (Fsp3) is 0.318. The Labute approximate surface area is 180 Å². The summed E-state index contributed by atoms with van der Waals surface area (Å²) >= 11 is 6.42. The maximum Gasteiger partial charge on any atom is 0.258 e. The first kappa shape index (κ1) is 21.8. The van der Waals surface area contributed by atoms with Crippen molar-refractivity contribution in [2.75, 3.05) is 6.54 Å². The molecular weight excluding hydrogens is 404 g/mol. The number of rotatable bonds is 8. The molecule has 0 aliphatic rings. The average Bonchev–Trinajstić information content (AvgIpc) is 3.17. The Bertz CT molecular complexity index is 1060. The van der Waals surface area contributed by atoms with Gasteiger partial charge in [-0.25, -0.2) is 0 Å². The van der Waals surface area contributed by atoms with Gasteiger partial charge in [-0.3, -0.25) is 0 Å². The second-order valence-corrected chi connectivity index (χ2v) is 7.61. The highest BCUT2D eigenvalue weighted by Gasteiger charge is 2.16. The van der Waals surface area contributed by atoms with Crippen LogP contribution < -0.4 is 10.1 Å². The summed E-state index contributed by atoms with van der Waals surface area (Å²) in [4.78, 5) is 4.43. The Morgan fingerprint density at radius 2 is 2.03 bits per heavy atom. The molecule has 0 saturated carbocycles. The summed E-state index contributed by atoms with van der Waals surface area (Å²) in [7, 11) is 0. The summed E-state index contributed by atoms with van der Waals surface area (Å²) in [5.41, 5.74) is 2.64. The van der Waals surface area contributed by atoms with Crippen molar-refractivity contribution in [3.63, 3.8) is 0 Å². The Morgan fingerprint density at radius 3 is 2.70 bits per heavy atom. The van der Waals surface area contributed by atoms with Gasteiger partial charge < -0.3 is 19.7 Å². The largest absolute Gasteiger partial charge is 0.490 e. The summed E-state index contributed by atoms with van der Waals surface area (Å²) in [6, 6.07) is 12.9. The number of aromatic nitrogens is 2. The molecule has 0 saturated heterocycles. The number of nitrogens with zero attached hydrogens (tertiary/aromatic N) is 3. The lowest BCUT2D eigenvalue weighted by Crippen LogP contribution is -2.23. The number of halogens is 1. The smallest absolute Gasteiger partial charge is 0.258 e. The van der Waals surface area contributed by atoms with Crippen molar-refractivity contribution in [2.45, 2.75) is 39.5 Å². The number of ether oxygens (including phenoxy) is 1. The Morgan fingerprint density at radius 1 is 1.23 bits per heavy atom. The first-order chi connectivity index (χ1) is 14.4. The molecule has 0 bridgehead atoms. The van der Waals surface area contributed by atoms with Crippen LogP contribution in [0.25, 0.3) is 22.8 Å². The van der Waals surface area contributed by atoms with Crippen molar-refractivity contribution < 1.29 is 14.4 Å². The van der Waals surface area contributed by atoms with Crippen molar-refractivity contribution in [1.82, 2.24) is 15.5 Å². The molecule has 8 heteroatoms. The van der Waals surface area contributed by atoms with E-state index >= 15 is 0 Å². The molecule has 7 nitrogen and oxygen atoms in total. The number of hydrogen-bond acceptors (Lipinski definition) is 7. The quantitative estimate of drug-likeness (QED) is 0.556. The minimum Gasteiger partial charge on any atom is -0.490 e. The normalized spacial score (nSPS) is 12.0. The number of benzene rings is 2. The number of hydrogen-bond donors (Lipinski definition) is 2. The predicted molar refractivity (Wildman–Crippen MR) is 114 cm³/mol. The second kappa shape index (κ2) is 9.72. The highest BCUT2D eigenvalue weighted by atomic mass is 35.5. The number of nitrogens with one attached hydrogen (secondary N) is 1. The van der Waals surface area contributed by atoms with Crippen LogP contribution in [0.5, 0.6) is 5.75 Å². The zero-order valence-electron chi connectivity index (χ0n) is 17.0. The van der Waals surface area contributed by atoms with E-state index in [1.807, 2.05) is 32.0 Å². The molecule has 156 valence electrons. The predicted octanol–water partition coefficient (Wildman–Crippen LogP) is 4.19. The van der Waals surface area contributed by atoms with Crippen LogP contribution in [-0.4, -0.2) is 34.0 Å². The van der Waals surface area contributed by atoms with Crippen LogP contribution in [0.15, 0.2) is 40.9 Å². The summed E-state index contributed by atoms with van der Waals surface area (Å²) < 4.78 is 11.0. The Hall–Kier alpha value is -2.92. The molecule has 1 aromatic heterocycles. The van der Waals surface area contributed by atoms with Crippen LogP contribution in [0, 0.1) is 11.3 Å². The van der Waals surface area contributed by atoms with E-state index in [0.29, 0.717) is 46.4 Å². The molecule has 2 N–H and O–H groups in total. The van der Waals surface area contributed by atoms with E-state index in [4.69, 9.17) is 20.9 Å².